The number of benzene rings is 1. The molecule has 4 rings (SSSR count). The third kappa shape index (κ3) is 4.60. The number of hydrogen-bond donors (Lipinski definition) is 1. The van der Waals surface area contributed by atoms with E-state index in [-0.39, 0.29) is 18.4 Å². The lowest BCUT2D eigenvalue weighted by Crippen LogP contribution is -2.21. The number of rotatable bonds is 6. The number of anilines is 1. The van der Waals surface area contributed by atoms with Gasteiger partial charge in [0.25, 0.3) is 5.91 Å². The van der Waals surface area contributed by atoms with Crippen molar-refractivity contribution in [3.05, 3.63) is 65.0 Å². The molecule has 0 fully saturated rings. The average Bonchev–Trinajstić information content (AvgIpc) is 3.10. The molecule has 0 saturated heterocycles. The molecule has 0 atom stereocenters. The van der Waals surface area contributed by atoms with Crippen molar-refractivity contribution in [3.63, 3.8) is 0 Å². The molecule has 3 heterocycles. The topological polar surface area (TPSA) is 115 Å². The van der Waals surface area contributed by atoms with Crippen LogP contribution in [0.2, 0.25) is 0 Å². The Labute approximate surface area is 190 Å². The minimum Gasteiger partial charge on any atom is -0.466 e. The highest BCUT2D eigenvalue weighted by atomic mass is 16.5. The average molecular weight is 442 g/mol. The van der Waals surface area contributed by atoms with Crippen LogP contribution < -0.4 is 14.8 Å². The van der Waals surface area contributed by atoms with E-state index in [9.17, 15) is 10.1 Å². The lowest BCUT2D eigenvalue weighted by atomic mass is 10.2. The van der Waals surface area contributed by atoms with Crippen molar-refractivity contribution < 1.29 is 14.3 Å². The van der Waals surface area contributed by atoms with Crippen LogP contribution in [0.3, 0.4) is 0 Å². The number of amides is 1. The molecule has 0 spiro atoms. The fraction of sp³-hybridized carbons (Fsp3) is 0.208. The molecule has 9 nitrogen and oxygen atoms in total. The van der Waals surface area contributed by atoms with Crippen molar-refractivity contribution in [1.82, 2.24) is 19.7 Å². The summed E-state index contributed by atoms with van der Waals surface area (Å²) in [7, 11) is 1.79. The van der Waals surface area contributed by atoms with Gasteiger partial charge in [0.2, 0.25) is 11.8 Å². The van der Waals surface area contributed by atoms with Crippen molar-refractivity contribution in [2.24, 2.45) is 7.05 Å². The molecule has 0 saturated carbocycles. The number of nitrogens with zero attached hydrogens (tertiary/aromatic N) is 5. The van der Waals surface area contributed by atoms with Crippen LogP contribution in [0.1, 0.15) is 22.4 Å². The minimum atomic E-state index is -0.320. The van der Waals surface area contributed by atoms with Gasteiger partial charge in [-0.05, 0) is 68.3 Å². The molecule has 0 aliphatic rings. The highest BCUT2D eigenvalue weighted by Crippen LogP contribution is 2.28. The molecule has 1 N–H and O–H groups in total. The Balaban J connectivity index is 1.43. The van der Waals surface area contributed by atoms with Crippen LogP contribution in [-0.4, -0.2) is 32.3 Å². The van der Waals surface area contributed by atoms with Gasteiger partial charge in [-0.1, -0.05) is 0 Å². The molecule has 0 bridgehead atoms. The van der Waals surface area contributed by atoms with Crippen molar-refractivity contribution in [1.29, 1.82) is 5.26 Å². The summed E-state index contributed by atoms with van der Waals surface area (Å²) in [5.41, 5.74) is 4.34. The summed E-state index contributed by atoms with van der Waals surface area (Å²) in [4.78, 5) is 21.1. The molecule has 3 aromatic heterocycles. The molecule has 0 aliphatic heterocycles. The predicted molar refractivity (Wildman–Crippen MR) is 122 cm³/mol. The number of pyridine rings is 2. The second-order valence-corrected chi connectivity index (χ2v) is 7.59. The quantitative estimate of drug-likeness (QED) is 0.480. The van der Waals surface area contributed by atoms with Gasteiger partial charge in [0.15, 0.2) is 12.3 Å². The zero-order valence-electron chi connectivity index (χ0n) is 18.7. The molecule has 1 amide bonds. The van der Waals surface area contributed by atoms with E-state index in [0.717, 1.165) is 22.2 Å². The van der Waals surface area contributed by atoms with Crippen molar-refractivity contribution in [2.45, 2.75) is 20.8 Å². The van der Waals surface area contributed by atoms with Gasteiger partial charge in [-0.3, -0.25) is 4.79 Å². The summed E-state index contributed by atoms with van der Waals surface area (Å²) >= 11 is 0. The van der Waals surface area contributed by atoms with E-state index < -0.39 is 0 Å². The van der Waals surface area contributed by atoms with Gasteiger partial charge in [-0.2, -0.15) is 5.26 Å². The SMILES string of the molecule is Cc1cc(C)c2c(OCC(=O)Nc3ccc(Oc4ncccc4C#N)cc3C)nn(C)c2n1. The summed E-state index contributed by atoms with van der Waals surface area (Å²) in [5.74, 6) is 0.791. The number of nitrogens with one attached hydrogen (secondary N) is 1. The Morgan fingerprint density at radius 2 is 1.97 bits per heavy atom. The number of ether oxygens (including phenoxy) is 2. The molecule has 166 valence electrons. The summed E-state index contributed by atoms with van der Waals surface area (Å²) in [6, 6.07) is 12.5. The number of nitriles is 1. The third-order valence-corrected chi connectivity index (χ3v) is 5.00. The zero-order valence-corrected chi connectivity index (χ0v) is 18.7. The highest BCUT2D eigenvalue weighted by molar-refractivity contribution is 5.93. The van der Waals surface area contributed by atoms with Gasteiger partial charge >= 0.3 is 0 Å². The summed E-state index contributed by atoms with van der Waals surface area (Å²) in [6.45, 7) is 5.53. The van der Waals surface area contributed by atoms with Crippen LogP contribution in [0.25, 0.3) is 11.0 Å². The molecule has 0 aliphatic carbocycles. The normalized spacial score (nSPS) is 10.6. The Bertz CT molecular complexity index is 1400. The molecule has 9 heteroatoms. The van der Waals surface area contributed by atoms with E-state index in [1.54, 1.807) is 48.3 Å². The van der Waals surface area contributed by atoms with E-state index in [1.807, 2.05) is 32.9 Å². The van der Waals surface area contributed by atoms with Crippen LogP contribution >= 0.6 is 0 Å². The maximum atomic E-state index is 12.5. The van der Waals surface area contributed by atoms with E-state index in [4.69, 9.17) is 9.47 Å². The van der Waals surface area contributed by atoms with Crippen LogP contribution in [0.4, 0.5) is 5.69 Å². The van der Waals surface area contributed by atoms with Crippen LogP contribution in [0.15, 0.2) is 42.6 Å². The Morgan fingerprint density at radius 3 is 2.73 bits per heavy atom. The van der Waals surface area contributed by atoms with Crippen molar-refractivity contribution in [2.75, 3.05) is 11.9 Å². The fourth-order valence-electron chi connectivity index (χ4n) is 3.48. The van der Waals surface area contributed by atoms with Gasteiger partial charge in [-0.25, -0.2) is 14.6 Å². The first kappa shape index (κ1) is 21.8. The van der Waals surface area contributed by atoms with Crippen molar-refractivity contribution >= 4 is 22.6 Å². The second-order valence-electron chi connectivity index (χ2n) is 7.59. The van der Waals surface area contributed by atoms with E-state index >= 15 is 0 Å². The molecule has 0 radical (unpaired) electrons. The minimum absolute atomic E-state index is 0.198. The number of aromatic nitrogens is 4. The fourth-order valence-corrected chi connectivity index (χ4v) is 3.48. The summed E-state index contributed by atoms with van der Waals surface area (Å²) in [6.07, 6.45) is 1.56. The molecular weight excluding hydrogens is 420 g/mol. The Kier molecular flexibility index (Phi) is 5.91. The van der Waals surface area contributed by atoms with Gasteiger partial charge < -0.3 is 14.8 Å². The van der Waals surface area contributed by atoms with Crippen LogP contribution in [0, 0.1) is 32.1 Å². The summed E-state index contributed by atoms with van der Waals surface area (Å²) < 4.78 is 13.1. The first-order valence-electron chi connectivity index (χ1n) is 10.2. The lowest BCUT2D eigenvalue weighted by molar-refractivity contribution is -0.118. The molecule has 0 unspecified atom stereocenters. The monoisotopic (exact) mass is 442 g/mol. The molecule has 33 heavy (non-hydrogen) atoms. The van der Waals surface area contributed by atoms with E-state index in [1.165, 1.54) is 0 Å². The standard InChI is InChI=1S/C24H22N6O3/c1-14-11-18(33-23-17(12-25)6-5-9-26-23)7-8-19(14)28-20(31)13-32-24-21-15(2)10-16(3)27-22(21)30(4)29-24/h5-11H,13H2,1-4H3,(H,28,31). The lowest BCUT2D eigenvalue weighted by Gasteiger charge is -2.11. The van der Waals surface area contributed by atoms with Gasteiger partial charge in [0.05, 0.1) is 5.39 Å². The number of carbonyl (C=O) groups excluding carboxylic acids is 1. The van der Waals surface area contributed by atoms with Gasteiger partial charge in [0, 0.05) is 24.6 Å². The maximum Gasteiger partial charge on any atom is 0.262 e. The number of carbonyl (C=O) groups is 1. The maximum absolute atomic E-state index is 12.5. The first-order valence-corrected chi connectivity index (χ1v) is 10.2. The van der Waals surface area contributed by atoms with Gasteiger partial charge in [0.1, 0.15) is 17.4 Å². The second kappa shape index (κ2) is 8.96. The van der Waals surface area contributed by atoms with E-state index in [2.05, 4.69) is 20.4 Å². The van der Waals surface area contributed by atoms with Crippen LogP contribution in [-0.2, 0) is 11.8 Å². The summed E-state index contributed by atoms with van der Waals surface area (Å²) in [5, 5.41) is 17.2. The zero-order chi connectivity index (χ0) is 23.5. The number of hydrogen-bond acceptors (Lipinski definition) is 7. The highest BCUT2D eigenvalue weighted by Gasteiger charge is 2.16. The van der Waals surface area contributed by atoms with Gasteiger partial charge in [-0.15, -0.1) is 5.10 Å². The molecular formula is C24H22N6O3. The first-order chi connectivity index (χ1) is 15.9. The largest absolute Gasteiger partial charge is 0.466 e. The van der Waals surface area contributed by atoms with E-state index in [0.29, 0.717) is 28.5 Å². The van der Waals surface area contributed by atoms with Crippen LogP contribution in [0.5, 0.6) is 17.5 Å². The van der Waals surface area contributed by atoms with Crippen molar-refractivity contribution in [3.8, 4) is 23.6 Å². The Morgan fingerprint density at radius 1 is 1.15 bits per heavy atom. The smallest absolute Gasteiger partial charge is 0.262 e. The molecule has 4 aromatic rings. The third-order valence-electron chi connectivity index (χ3n) is 5.00. The number of aryl methyl sites for hydroxylation is 4. The predicted octanol–water partition coefficient (Wildman–Crippen LogP) is 3.97. The Hall–Kier alpha value is -4.45. The number of fused-ring (bicyclic) bond motifs is 1. The molecule has 1 aromatic carbocycles.